The van der Waals surface area contributed by atoms with Gasteiger partial charge in [0.2, 0.25) is 5.91 Å². The molecule has 11 nitrogen and oxygen atoms in total. The third-order valence-electron chi connectivity index (χ3n) is 13.2. The molecule has 398 valence electrons. The van der Waals surface area contributed by atoms with Gasteiger partial charge in [-0.2, -0.15) is 0 Å². The van der Waals surface area contributed by atoms with Gasteiger partial charge < -0.3 is 45.1 Å². The Balaban J connectivity index is 2.07. The van der Waals surface area contributed by atoms with Gasteiger partial charge in [0.15, 0.2) is 6.29 Å². The van der Waals surface area contributed by atoms with Crippen LogP contribution in [0.1, 0.15) is 251 Å². The van der Waals surface area contributed by atoms with Crippen molar-refractivity contribution in [3.05, 3.63) is 36.5 Å². The SMILES string of the molecule is CCCCCC/C=C\CCCCCCCC(=O)OCCCCCCCCCCC/C=C\CCCCCCCC(=O)NC(COC1OC(CO)C(O)C(O)C1O)C(O)/C=C/CCCCCCCCC. The molecule has 1 heterocycles. The van der Waals surface area contributed by atoms with Gasteiger partial charge in [0.05, 0.1) is 32.0 Å². The molecule has 0 spiro atoms. The average Bonchev–Trinajstić information content (AvgIpc) is 3.33. The first-order valence-corrected chi connectivity index (χ1v) is 28.3. The number of carbonyl (C=O) groups excluding carboxylic acids is 2. The molecule has 1 rings (SSSR count). The minimum absolute atomic E-state index is 0.0227. The highest BCUT2D eigenvalue weighted by atomic mass is 16.7. The summed E-state index contributed by atoms with van der Waals surface area (Å²) in [6, 6.07) is -0.819. The number of hydrogen-bond donors (Lipinski definition) is 6. The molecule has 0 saturated carbocycles. The summed E-state index contributed by atoms with van der Waals surface area (Å²) in [7, 11) is 0. The number of amides is 1. The smallest absolute Gasteiger partial charge is 0.305 e. The molecule has 1 aliphatic heterocycles. The molecule has 1 fully saturated rings. The van der Waals surface area contributed by atoms with Crippen molar-refractivity contribution in [3.8, 4) is 0 Å². The zero-order valence-corrected chi connectivity index (χ0v) is 43.6. The molecule has 7 unspecified atom stereocenters. The van der Waals surface area contributed by atoms with Gasteiger partial charge in [-0.25, -0.2) is 0 Å². The summed E-state index contributed by atoms with van der Waals surface area (Å²) in [5.74, 6) is -0.222. The number of aliphatic hydroxyl groups is 5. The van der Waals surface area contributed by atoms with Crippen LogP contribution >= 0.6 is 0 Å². The number of unbranched alkanes of at least 4 members (excludes halogenated alkanes) is 30. The number of hydrogen-bond acceptors (Lipinski definition) is 10. The number of allylic oxidation sites excluding steroid dienone is 5. The van der Waals surface area contributed by atoms with E-state index in [4.69, 9.17) is 14.2 Å². The standard InChI is InChI=1S/C57H105NO10/c1-3-5-7-9-11-13-14-21-25-29-33-37-41-45-53(62)66-46-42-38-34-30-26-23-20-18-16-15-17-19-22-24-28-32-36-40-44-52(61)58-49(50(60)43-39-35-31-27-12-10-8-6-4-2)48-67-57-56(65)55(64)54(63)51(47-59)68-57/h13-14,17,19,39,43,49-51,54-57,59-60,63-65H,3-12,15-16,18,20-38,40-42,44-48H2,1-2H3,(H,58,61)/b14-13-,19-17-,43-39+. The van der Waals surface area contributed by atoms with E-state index >= 15 is 0 Å². The minimum Gasteiger partial charge on any atom is -0.466 e. The Bertz CT molecular complexity index is 1230. The molecule has 0 radical (unpaired) electrons. The zero-order chi connectivity index (χ0) is 49.6. The number of nitrogens with one attached hydrogen (secondary N) is 1. The topological polar surface area (TPSA) is 175 Å². The van der Waals surface area contributed by atoms with Gasteiger partial charge in [-0.15, -0.1) is 0 Å². The van der Waals surface area contributed by atoms with E-state index in [0.29, 0.717) is 19.4 Å². The van der Waals surface area contributed by atoms with Crippen molar-refractivity contribution >= 4 is 11.9 Å². The van der Waals surface area contributed by atoms with E-state index in [1.807, 2.05) is 6.08 Å². The summed E-state index contributed by atoms with van der Waals surface area (Å²) in [4.78, 5) is 25.0. The maximum absolute atomic E-state index is 13.0. The summed E-state index contributed by atoms with van der Waals surface area (Å²) < 4.78 is 16.6. The molecule has 0 aromatic rings. The first-order chi connectivity index (χ1) is 33.2. The summed E-state index contributed by atoms with van der Waals surface area (Å²) in [6.07, 6.45) is 46.7. The molecule has 0 aromatic heterocycles. The molecule has 0 bridgehead atoms. The Labute approximate surface area is 415 Å². The second-order valence-corrected chi connectivity index (χ2v) is 19.6. The lowest BCUT2D eigenvalue weighted by Crippen LogP contribution is -2.60. The minimum atomic E-state index is -1.57. The molecule has 1 saturated heterocycles. The molecule has 0 aliphatic carbocycles. The Morgan fingerprint density at radius 3 is 1.43 bits per heavy atom. The van der Waals surface area contributed by atoms with E-state index in [1.54, 1.807) is 6.08 Å². The van der Waals surface area contributed by atoms with Crippen LogP contribution in [0.15, 0.2) is 36.5 Å². The van der Waals surface area contributed by atoms with Crippen LogP contribution in [0, 0.1) is 0 Å². The van der Waals surface area contributed by atoms with E-state index in [0.717, 1.165) is 89.9 Å². The molecule has 1 aliphatic rings. The van der Waals surface area contributed by atoms with Crippen LogP contribution in [0.5, 0.6) is 0 Å². The fourth-order valence-corrected chi connectivity index (χ4v) is 8.66. The monoisotopic (exact) mass is 964 g/mol. The van der Waals surface area contributed by atoms with E-state index < -0.39 is 49.5 Å². The third kappa shape index (κ3) is 36.8. The van der Waals surface area contributed by atoms with Crippen LogP contribution in [0.4, 0.5) is 0 Å². The van der Waals surface area contributed by atoms with Crippen LogP contribution in [-0.2, 0) is 23.8 Å². The quantitative estimate of drug-likeness (QED) is 0.0196. The predicted octanol–water partition coefficient (Wildman–Crippen LogP) is 12.3. The number of carbonyl (C=O) groups is 2. The molecule has 11 heteroatoms. The third-order valence-corrected chi connectivity index (χ3v) is 13.2. The van der Waals surface area contributed by atoms with Crippen molar-refractivity contribution in [2.45, 2.75) is 294 Å². The van der Waals surface area contributed by atoms with Crippen LogP contribution < -0.4 is 5.32 Å². The van der Waals surface area contributed by atoms with Crippen LogP contribution in [0.25, 0.3) is 0 Å². The number of ether oxygens (including phenoxy) is 3. The Hall–Kier alpha value is -2.12. The zero-order valence-electron chi connectivity index (χ0n) is 43.6. The molecule has 68 heavy (non-hydrogen) atoms. The number of rotatable bonds is 48. The lowest BCUT2D eigenvalue weighted by molar-refractivity contribution is -0.302. The normalized spacial score (nSPS) is 19.7. The van der Waals surface area contributed by atoms with Crippen LogP contribution in [-0.4, -0.2) is 100 Å². The molecular weight excluding hydrogens is 859 g/mol. The fraction of sp³-hybridized carbons (Fsp3) is 0.860. The lowest BCUT2D eigenvalue weighted by atomic mass is 9.99. The maximum atomic E-state index is 13.0. The Kier molecular flexibility index (Phi) is 44.4. The highest BCUT2D eigenvalue weighted by Gasteiger charge is 2.44. The summed E-state index contributed by atoms with van der Waals surface area (Å²) in [5.41, 5.74) is 0. The molecule has 1 amide bonds. The van der Waals surface area contributed by atoms with Gasteiger partial charge in [-0.05, 0) is 83.5 Å². The van der Waals surface area contributed by atoms with Crippen LogP contribution in [0.2, 0.25) is 0 Å². The average molecular weight is 964 g/mol. The molecule has 0 aromatic carbocycles. The van der Waals surface area contributed by atoms with Crippen LogP contribution in [0.3, 0.4) is 0 Å². The predicted molar refractivity (Wildman–Crippen MR) is 278 cm³/mol. The highest BCUT2D eigenvalue weighted by molar-refractivity contribution is 5.76. The van der Waals surface area contributed by atoms with E-state index in [-0.39, 0.29) is 18.5 Å². The van der Waals surface area contributed by atoms with Gasteiger partial charge in [-0.3, -0.25) is 9.59 Å². The maximum Gasteiger partial charge on any atom is 0.305 e. The molecule has 6 N–H and O–H groups in total. The van der Waals surface area contributed by atoms with Gasteiger partial charge in [0.1, 0.15) is 24.4 Å². The van der Waals surface area contributed by atoms with Crippen molar-refractivity contribution in [2.24, 2.45) is 0 Å². The Morgan fingerprint density at radius 1 is 0.529 bits per heavy atom. The van der Waals surface area contributed by atoms with Crippen molar-refractivity contribution in [1.29, 1.82) is 0 Å². The highest BCUT2D eigenvalue weighted by Crippen LogP contribution is 2.23. The summed E-state index contributed by atoms with van der Waals surface area (Å²) >= 11 is 0. The van der Waals surface area contributed by atoms with E-state index in [1.165, 1.54) is 135 Å². The summed E-state index contributed by atoms with van der Waals surface area (Å²) in [5, 5.41) is 54.1. The van der Waals surface area contributed by atoms with Crippen molar-refractivity contribution in [1.82, 2.24) is 5.32 Å². The fourth-order valence-electron chi connectivity index (χ4n) is 8.66. The van der Waals surface area contributed by atoms with Crippen molar-refractivity contribution in [3.63, 3.8) is 0 Å². The first-order valence-electron chi connectivity index (χ1n) is 28.3. The van der Waals surface area contributed by atoms with Crippen molar-refractivity contribution < 1.29 is 49.3 Å². The number of aliphatic hydroxyl groups excluding tert-OH is 5. The van der Waals surface area contributed by atoms with E-state index in [9.17, 15) is 35.1 Å². The largest absolute Gasteiger partial charge is 0.466 e. The second kappa shape index (κ2) is 47.2. The van der Waals surface area contributed by atoms with Gasteiger partial charge in [-0.1, -0.05) is 192 Å². The number of esters is 1. The van der Waals surface area contributed by atoms with Crippen molar-refractivity contribution in [2.75, 3.05) is 19.8 Å². The summed E-state index contributed by atoms with van der Waals surface area (Å²) in [6.45, 7) is 4.26. The van der Waals surface area contributed by atoms with Gasteiger partial charge in [0, 0.05) is 12.8 Å². The lowest BCUT2D eigenvalue weighted by Gasteiger charge is -2.40. The van der Waals surface area contributed by atoms with Gasteiger partial charge >= 0.3 is 5.97 Å². The second-order valence-electron chi connectivity index (χ2n) is 19.6. The first kappa shape index (κ1) is 63.9. The Morgan fingerprint density at radius 2 is 0.941 bits per heavy atom. The van der Waals surface area contributed by atoms with Gasteiger partial charge in [0.25, 0.3) is 0 Å². The molecule has 7 atom stereocenters. The molecular formula is C57H105NO10. The van der Waals surface area contributed by atoms with E-state index in [2.05, 4.69) is 43.5 Å².